The molecular formula is C20H27N3O5S. The maximum atomic E-state index is 13.1. The van der Waals surface area contributed by atoms with E-state index in [-0.39, 0.29) is 22.3 Å². The second-order valence-electron chi connectivity index (χ2n) is 7.88. The minimum Gasteiger partial charge on any atom is -0.408 e. The molecule has 0 radical (unpaired) electrons. The number of rotatable bonds is 5. The Hall–Kier alpha value is -2.13. The van der Waals surface area contributed by atoms with E-state index in [2.05, 4.69) is 0 Å². The Balaban J connectivity index is 1.44. The predicted octanol–water partition coefficient (Wildman–Crippen LogP) is 2.03. The van der Waals surface area contributed by atoms with Gasteiger partial charge in [0.2, 0.25) is 15.9 Å². The molecule has 1 amide bonds. The molecule has 2 fully saturated rings. The summed E-state index contributed by atoms with van der Waals surface area (Å²) in [7, 11) is -3.66. The van der Waals surface area contributed by atoms with Crippen molar-refractivity contribution >= 4 is 27.0 Å². The van der Waals surface area contributed by atoms with Gasteiger partial charge in [-0.25, -0.2) is 13.2 Å². The molecule has 0 aliphatic carbocycles. The minimum absolute atomic E-state index is 0.133. The van der Waals surface area contributed by atoms with E-state index in [1.54, 1.807) is 6.07 Å². The van der Waals surface area contributed by atoms with Crippen LogP contribution in [-0.4, -0.2) is 54.3 Å². The van der Waals surface area contributed by atoms with Crippen LogP contribution in [0.4, 0.5) is 0 Å². The average Bonchev–Trinajstić information content (AvgIpc) is 3.35. The number of likely N-dealkylation sites (tertiary alicyclic amines) is 1. The molecule has 4 rings (SSSR count). The summed E-state index contributed by atoms with van der Waals surface area (Å²) >= 11 is 0. The number of benzene rings is 1. The van der Waals surface area contributed by atoms with E-state index in [0.717, 1.165) is 25.9 Å². The van der Waals surface area contributed by atoms with Crippen LogP contribution in [0.1, 0.15) is 39.0 Å². The first-order chi connectivity index (χ1) is 13.9. The SMILES string of the molecule is CCn1c(=O)oc2cc(S(=O)(=O)N3CCC(CC(=O)N4CCCC4)CC3)ccc21. The van der Waals surface area contributed by atoms with Gasteiger partial charge in [-0.3, -0.25) is 9.36 Å². The van der Waals surface area contributed by atoms with Crippen molar-refractivity contribution in [3.63, 3.8) is 0 Å². The van der Waals surface area contributed by atoms with Crippen molar-refractivity contribution < 1.29 is 17.6 Å². The van der Waals surface area contributed by atoms with Crippen molar-refractivity contribution in [3.05, 3.63) is 28.7 Å². The lowest BCUT2D eigenvalue weighted by Gasteiger charge is -2.31. The topological polar surface area (TPSA) is 92.8 Å². The van der Waals surface area contributed by atoms with Crippen molar-refractivity contribution in [1.29, 1.82) is 0 Å². The van der Waals surface area contributed by atoms with E-state index in [0.29, 0.717) is 44.4 Å². The lowest BCUT2D eigenvalue weighted by Crippen LogP contribution is -2.40. The Morgan fingerprint density at radius 2 is 1.83 bits per heavy atom. The highest BCUT2D eigenvalue weighted by atomic mass is 32.2. The van der Waals surface area contributed by atoms with Crippen LogP contribution in [-0.2, 0) is 21.4 Å². The molecule has 0 saturated carbocycles. The van der Waals surface area contributed by atoms with Gasteiger partial charge in [-0.15, -0.1) is 0 Å². The van der Waals surface area contributed by atoms with Crippen LogP contribution in [0.3, 0.4) is 0 Å². The third-order valence-corrected chi connectivity index (χ3v) is 7.98. The number of sulfonamides is 1. The van der Waals surface area contributed by atoms with Crippen molar-refractivity contribution in [3.8, 4) is 0 Å². The number of carbonyl (C=O) groups is 1. The van der Waals surface area contributed by atoms with E-state index >= 15 is 0 Å². The summed E-state index contributed by atoms with van der Waals surface area (Å²) < 4.78 is 34.3. The number of amides is 1. The molecule has 0 unspecified atom stereocenters. The van der Waals surface area contributed by atoms with Gasteiger partial charge in [0.05, 0.1) is 10.4 Å². The van der Waals surface area contributed by atoms with Gasteiger partial charge in [-0.1, -0.05) is 0 Å². The van der Waals surface area contributed by atoms with Crippen LogP contribution < -0.4 is 5.76 Å². The van der Waals surface area contributed by atoms with E-state index in [9.17, 15) is 18.0 Å². The molecule has 29 heavy (non-hydrogen) atoms. The summed E-state index contributed by atoms with van der Waals surface area (Å²) in [5, 5.41) is 0. The molecule has 0 spiro atoms. The number of hydrogen-bond donors (Lipinski definition) is 0. The summed E-state index contributed by atoms with van der Waals surface area (Å²) in [6.07, 6.45) is 4.03. The molecule has 8 nitrogen and oxygen atoms in total. The molecule has 0 bridgehead atoms. The van der Waals surface area contributed by atoms with Crippen LogP contribution in [0, 0.1) is 5.92 Å². The zero-order valence-corrected chi connectivity index (χ0v) is 17.5. The van der Waals surface area contributed by atoms with Crippen LogP contribution in [0.2, 0.25) is 0 Å². The van der Waals surface area contributed by atoms with Gasteiger partial charge in [0.15, 0.2) is 5.58 Å². The van der Waals surface area contributed by atoms with Crippen LogP contribution in [0.25, 0.3) is 11.1 Å². The predicted molar refractivity (Wildman–Crippen MR) is 108 cm³/mol. The summed E-state index contributed by atoms with van der Waals surface area (Å²) in [5.74, 6) is -0.0566. The Bertz CT molecular complexity index is 1060. The number of fused-ring (bicyclic) bond motifs is 1. The highest BCUT2D eigenvalue weighted by molar-refractivity contribution is 7.89. The van der Waals surface area contributed by atoms with Gasteiger partial charge >= 0.3 is 5.76 Å². The average molecular weight is 422 g/mol. The van der Waals surface area contributed by atoms with Gasteiger partial charge in [-0.2, -0.15) is 4.31 Å². The molecule has 0 atom stereocenters. The number of aryl methyl sites for hydroxylation is 1. The highest BCUT2D eigenvalue weighted by Gasteiger charge is 2.31. The molecule has 2 aliphatic rings. The zero-order valence-electron chi connectivity index (χ0n) is 16.7. The quantitative estimate of drug-likeness (QED) is 0.736. The third-order valence-electron chi connectivity index (χ3n) is 6.09. The molecular weight excluding hydrogens is 394 g/mol. The minimum atomic E-state index is -3.66. The van der Waals surface area contributed by atoms with E-state index < -0.39 is 15.8 Å². The molecule has 0 N–H and O–H groups in total. The monoisotopic (exact) mass is 421 g/mol. The Labute approximate surface area is 170 Å². The standard InChI is InChI=1S/C20H27N3O5S/c1-2-23-17-6-5-16(14-18(17)28-20(23)25)29(26,27)22-11-7-15(8-12-22)13-19(24)21-9-3-4-10-21/h5-6,14-15H,2-4,7-13H2,1H3. The fourth-order valence-corrected chi connectivity index (χ4v) is 5.84. The fraction of sp³-hybridized carbons (Fsp3) is 0.600. The summed E-state index contributed by atoms with van der Waals surface area (Å²) in [6, 6.07) is 4.58. The van der Waals surface area contributed by atoms with Crippen molar-refractivity contribution in [2.75, 3.05) is 26.2 Å². The van der Waals surface area contributed by atoms with Crippen LogP contribution >= 0.6 is 0 Å². The van der Waals surface area contributed by atoms with Gasteiger partial charge in [0.1, 0.15) is 0 Å². The number of piperidine rings is 1. The molecule has 3 heterocycles. The second kappa shape index (κ2) is 7.95. The number of aromatic nitrogens is 1. The number of carbonyl (C=O) groups excluding carboxylic acids is 1. The molecule has 2 aliphatic heterocycles. The molecule has 9 heteroatoms. The van der Waals surface area contributed by atoms with Gasteiger partial charge in [-0.05, 0) is 50.7 Å². The van der Waals surface area contributed by atoms with Crippen molar-refractivity contribution in [2.45, 2.75) is 50.5 Å². The van der Waals surface area contributed by atoms with E-state index in [1.165, 1.54) is 21.0 Å². The molecule has 2 saturated heterocycles. The number of nitrogens with zero attached hydrogens (tertiary/aromatic N) is 3. The maximum Gasteiger partial charge on any atom is 0.419 e. The van der Waals surface area contributed by atoms with Crippen molar-refractivity contribution in [1.82, 2.24) is 13.8 Å². The smallest absolute Gasteiger partial charge is 0.408 e. The molecule has 158 valence electrons. The van der Waals surface area contributed by atoms with Gasteiger partial charge in [0, 0.05) is 45.2 Å². The van der Waals surface area contributed by atoms with Gasteiger partial charge in [0.25, 0.3) is 0 Å². The zero-order chi connectivity index (χ0) is 20.6. The lowest BCUT2D eigenvalue weighted by molar-refractivity contribution is -0.131. The third kappa shape index (κ3) is 3.85. The first kappa shape index (κ1) is 20.2. The fourth-order valence-electron chi connectivity index (χ4n) is 4.35. The van der Waals surface area contributed by atoms with E-state index in [1.807, 2.05) is 11.8 Å². The van der Waals surface area contributed by atoms with Gasteiger partial charge < -0.3 is 9.32 Å². The van der Waals surface area contributed by atoms with Crippen LogP contribution in [0.15, 0.2) is 32.3 Å². The van der Waals surface area contributed by atoms with E-state index in [4.69, 9.17) is 4.42 Å². The highest BCUT2D eigenvalue weighted by Crippen LogP contribution is 2.28. The molecule has 1 aromatic heterocycles. The summed E-state index contributed by atoms with van der Waals surface area (Å²) in [4.78, 5) is 26.3. The first-order valence-corrected chi connectivity index (χ1v) is 11.8. The maximum absolute atomic E-state index is 13.1. The molecule has 1 aromatic carbocycles. The largest absolute Gasteiger partial charge is 0.419 e. The Morgan fingerprint density at radius 1 is 1.14 bits per heavy atom. The van der Waals surface area contributed by atoms with Crippen LogP contribution in [0.5, 0.6) is 0 Å². The first-order valence-electron chi connectivity index (χ1n) is 10.3. The number of oxazole rings is 1. The summed E-state index contributed by atoms with van der Waals surface area (Å²) in [6.45, 7) is 4.80. The molecule has 2 aromatic rings. The lowest BCUT2D eigenvalue weighted by atomic mass is 9.94. The second-order valence-corrected chi connectivity index (χ2v) is 9.82. The Morgan fingerprint density at radius 3 is 2.48 bits per heavy atom. The van der Waals surface area contributed by atoms with Crippen molar-refractivity contribution in [2.24, 2.45) is 5.92 Å². The Kier molecular flexibility index (Phi) is 5.52. The normalized spacial score (nSPS) is 19.3. The number of hydrogen-bond acceptors (Lipinski definition) is 5. The summed E-state index contributed by atoms with van der Waals surface area (Å²) in [5.41, 5.74) is 0.875.